The van der Waals surface area contributed by atoms with Crippen LogP contribution in [0, 0.1) is 5.92 Å². The van der Waals surface area contributed by atoms with Gasteiger partial charge in [-0.15, -0.1) is 0 Å². The number of nitrogens with one attached hydrogen (secondary N) is 1. The van der Waals surface area contributed by atoms with Crippen LogP contribution in [0.4, 0.5) is 5.82 Å². The summed E-state index contributed by atoms with van der Waals surface area (Å²) in [6.45, 7) is 2.30. The van der Waals surface area contributed by atoms with Crippen LogP contribution >= 0.6 is 0 Å². The Labute approximate surface area is 128 Å². The van der Waals surface area contributed by atoms with Crippen LogP contribution in [0.1, 0.15) is 32.6 Å². The van der Waals surface area contributed by atoms with Crippen LogP contribution in [0.3, 0.4) is 0 Å². The molecule has 1 N–H and O–H groups in total. The van der Waals surface area contributed by atoms with Crippen molar-refractivity contribution in [3.8, 4) is 0 Å². The maximum Gasteiger partial charge on any atom is 0.197 e. The lowest BCUT2D eigenvalue weighted by molar-refractivity contribution is 0.483. The molecule has 0 unspecified atom stereocenters. The minimum absolute atomic E-state index is 0.632. The molecule has 1 fully saturated rings. The van der Waals surface area contributed by atoms with Crippen LogP contribution in [-0.4, -0.2) is 15.7 Å². The van der Waals surface area contributed by atoms with Crippen molar-refractivity contribution in [2.24, 2.45) is 11.0 Å². The molecule has 1 aliphatic rings. The summed E-state index contributed by atoms with van der Waals surface area (Å²) in [5.41, 5.74) is 6.59. The van der Waals surface area contributed by atoms with E-state index in [1.54, 1.807) is 6.33 Å². The first kappa shape index (κ1) is 13.2. The third-order valence-electron chi connectivity index (χ3n) is 4.33. The van der Waals surface area contributed by atoms with Gasteiger partial charge in [-0.3, -0.25) is 5.43 Å². The van der Waals surface area contributed by atoms with Gasteiger partial charge in [-0.05, 0) is 43.7 Å². The molecule has 0 atom stereocenters. The van der Waals surface area contributed by atoms with E-state index < -0.39 is 0 Å². The highest BCUT2D eigenvalue weighted by molar-refractivity contribution is 6.05. The summed E-state index contributed by atoms with van der Waals surface area (Å²) in [5, 5.41) is 5.53. The van der Waals surface area contributed by atoms with E-state index in [4.69, 9.17) is 4.42 Å². The van der Waals surface area contributed by atoms with Gasteiger partial charge in [0.15, 0.2) is 11.4 Å². The smallest absolute Gasteiger partial charge is 0.197 e. The van der Waals surface area contributed by atoms with Crippen molar-refractivity contribution >= 4 is 33.6 Å². The zero-order chi connectivity index (χ0) is 14.9. The van der Waals surface area contributed by atoms with Gasteiger partial charge in [-0.25, -0.2) is 9.97 Å². The van der Waals surface area contributed by atoms with Crippen molar-refractivity contribution in [2.75, 3.05) is 5.43 Å². The second kappa shape index (κ2) is 5.40. The Morgan fingerprint density at radius 1 is 1.18 bits per heavy atom. The molecule has 3 aromatic rings. The van der Waals surface area contributed by atoms with E-state index >= 15 is 0 Å². The maximum atomic E-state index is 5.88. The molecular formula is C17H18N4O. The average molecular weight is 294 g/mol. The molecule has 112 valence electrons. The first-order valence-corrected chi connectivity index (χ1v) is 7.75. The molecule has 1 saturated carbocycles. The highest BCUT2D eigenvalue weighted by Crippen LogP contribution is 2.30. The van der Waals surface area contributed by atoms with E-state index in [-0.39, 0.29) is 0 Å². The van der Waals surface area contributed by atoms with Crippen molar-refractivity contribution in [3.05, 3.63) is 30.6 Å². The first-order chi connectivity index (χ1) is 10.8. The molecule has 5 nitrogen and oxygen atoms in total. The van der Waals surface area contributed by atoms with Crippen molar-refractivity contribution in [1.82, 2.24) is 9.97 Å². The Kier molecular flexibility index (Phi) is 3.25. The van der Waals surface area contributed by atoms with Crippen LogP contribution in [-0.2, 0) is 0 Å². The number of benzene rings is 1. The number of hydrazone groups is 1. The summed E-state index contributed by atoms with van der Waals surface area (Å²) in [6.07, 6.45) is 6.09. The molecule has 0 radical (unpaired) electrons. The van der Waals surface area contributed by atoms with Gasteiger partial charge in [0, 0.05) is 11.1 Å². The zero-order valence-corrected chi connectivity index (χ0v) is 12.5. The molecule has 0 saturated heterocycles. The lowest BCUT2D eigenvalue weighted by Crippen LogP contribution is -2.13. The van der Waals surface area contributed by atoms with E-state index in [9.17, 15) is 0 Å². The Morgan fingerprint density at radius 2 is 2.00 bits per heavy atom. The molecule has 1 aliphatic carbocycles. The van der Waals surface area contributed by atoms with Crippen LogP contribution in [0.25, 0.3) is 22.1 Å². The summed E-state index contributed by atoms with van der Waals surface area (Å²) in [5.74, 6) is 1.44. The summed E-state index contributed by atoms with van der Waals surface area (Å²) >= 11 is 0. The van der Waals surface area contributed by atoms with Crippen LogP contribution in [0.2, 0.25) is 0 Å². The van der Waals surface area contributed by atoms with Crippen LogP contribution in [0.15, 0.2) is 40.1 Å². The molecule has 22 heavy (non-hydrogen) atoms. The number of hydrogen-bond acceptors (Lipinski definition) is 5. The second-order valence-electron chi connectivity index (χ2n) is 5.97. The summed E-state index contributed by atoms with van der Waals surface area (Å²) in [6, 6.07) is 7.88. The summed E-state index contributed by atoms with van der Waals surface area (Å²) in [4.78, 5) is 8.62. The van der Waals surface area contributed by atoms with Crippen molar-refractivity contribution < 1.29 is 4.42 Å². The van der Waals surface area contributed by atoms with Gasteiger partial charge < -0.3 is 4.42 Å². The van der Waals surface area contributed by atoms with E-state index in [0.717, 1.165) is 35.2 Å². The normalized spacial score (nSPS) is 18.8. The van der Waals surface area contributed by atoms with Gasteiger partial charge in [-0.2, -0.15) is 5.10 Å². The molecule has 1 aromatic carbocycles. The van der Waals surface area contributed by atoms with Gasteiger partial charge in [0.25, 0.3) is 0 Å². The van der Waals surface area contributed by atoms with Gasteiger partial charge >= 0.3 is 0 Å². The number of furan rings is 1. The van der Waals surface area contributed by atoms with Crippen molar-refractivity contribution in [2.45, 2.75) is 32.6 Å². The van der Waals surface area contributed by atoms with Gasteiger partial charge in [-0.1, -0.05) is 19.1 Å². The number of para-hydroxylation sites is 1. The van der Waals surface area contributed by atoms with Gasteiger partial charge in [0.2, 0.25) is 0 Å². The van der Waals surface area contributed by atoms with Crippen molar-refractivity contribution in [3.63, 3.8) is 0 Å². The SMILES string of the molecule is CC1CCC(=NNc2ncnc3c2oc2ccccc23)CC1. The first-order valence-electron chi connectivity index (χ1n) is 7.75. The standard InChI is InChI=1S/C17H18N4O/c1-11-6-8-12(9-7-11)20-21-17-16-15(18-10-19-17)13-4-2-3-5-14(13)22-16/h2-5,10-11H,6-9H2,1H3,(H,18,19,21). The molecule has 0 amide bonds. The average Bonchev–Trinajstić information content (AvgIpc) is 2.94. The second-order valence-corrected chi connectivity index (χ2v) is 5.97. The maximum absolute atomic E-state index is 5.88. The lowest BCUT2D eigenvalue weighted by Gasteiger charge is -2.18. The third kappa shape index (κ3) is 2.32. The largest absolute Gasteiger partial charge is 0.450 e. The fraction of sp³-hybridized carbons (Fsp3) is 0.353. The predicted molar refractivity (Wildman–Crippen MR) is 88.0 cm³/mol. The monoisotopic (exact) mass is 294 g/mol. The minimum atomic E-state index is 0.632. The number of hydrogen-bond donors (Lipinski definition) is 1. The van der Waals surface area contributed by atoms with Crippen molar-refractivity contribution in [1.29, 1.82) is 0 Å². The Hall–Kier alpha value is -2.43. The fourth-order valence-electron chi connectivity index (χ4n) is 2.94. The topological polar surface area (TPSA) is 63.3 Å². The molecule has 0 aliphatic heterocycles. The minimum Gasteiger partial charge on any atom is -0.450 e. The number of nitrogens with zero attached hydrogens (tertiary/aromatic N) is 3. The fourth-order valence-corrected chi connectivity index (χ4v) is 2.94. The van der Waals surface area contributed by atoms with E-state index in [1.165, 1.54) is 18.6 Å². The Bertz CT molecular complexity index is 842. The van der Waals surface area contributed by atoms with Crippen LogP contribution < -0.4 is 5.43 Å². The third-order valence-corrected chi connectivity index (χ3v) is 4.33. The highest BCUT2D eigenvalue weighted by atomic mass is 16.3. The van der Waals surface area contributed by atoms with Gasteiger partial charge in [0.1, 0.15) is 17.4 Å². The number of anilines is 1. The molecular weight excluding hydrogens is 276 g/mol. The Morgan fingerprint density at radius 3 is 2.86 bits per heavy atom. The zero-order valence-electron chi connectivity index (χ0n) is 12.5. The molecule has 2 aromatic heterocycles. The van der Waals surface area contributed by atoms with E-state index in [0.29, 0.717) is 11.4 Å². The van der Waals surface area contributed by atoms with E-state index in [1.807, 2.05) is 24.3 Å². The van der Waals surface area contributed by atoms with Gasteiger partial charge in [0.05, 0.1) is 0 Å². The van der Waals surface area contributed by atoms with Crippen LogP contribution in [0.5, 0.6) is 0 Å². The quantitative estimate of drug-likeness (QED) is 0.713. The lowest BCUT2D eigenvalue weighted by atomic mass is 9.90. The number of fused-ring (bicyclic) bond motifs is 3. The molecule has 0 spiro atoms. The molecule has 4 rings (SSSR count). The summed E-state index contributed by atoms with van der Waals surface area (Å²) < 4.78 is 5.88. The number of aromatic nitrogens is 2. The Balaban J connectivity index is 1.68. The predicted octanol–water partition coefficient (Wildman–Crippen LogP) is 4.35. The highest BCUT2D eigenvalue weighted by Gasteiger charge is 2.15. The number of rotatable bonds is 2. The molecule has 2 heterocycles. The molecule has 5 heteroatoms. The summed E-state index contributed by atoms with van der Waals surface area (Å²) in [7, 11) is 0. The van der Waals surface area contributed by atoms with E-state index in [2.05, 4.69) is 27.4 Å². The molecule has 0 bridgehead atoms.